The van der Waals surface area contributed by atoms with Crippen molar-refractivity contribution in [2.24, 2.45) is 0 Å². The number of allylic oxidation sites excluding steroid dienone is 1. The highest BCUT2D eigenvalue weighted by Crippen LogP contribution is 2.07. The average Bonchev–Trinajstić information content (AvgIpc) is 2.15. The molecule has 0 spiro atoms. The van der Waals surface area contributed by atoms with Crippen LogP contribution in [0.3, 0.4) is 0 Å². The van der Waals surface area contributed by atoms with Crippen molar-refractivity contribution < 1.29 is 15.0 Å². The Morgan fingerprint density at radius 1 is 1.29 bits per heavy atom. The maximum absolute atomic E-state index is 10.6. The molecule has 0 saturated heterocycles. The number of carbonyl (C=O) groups is 1. The molecule has 0 radical (unpaired) electrons. The first kappa shape index (κ1) is 13.2. The molecule has 0 aromatic rings. The van der Waals surface area contributed by atoms with Gasteiger partial charge >= 0.3 is 5.97 Å². The predicted molar refractivity (Wildman–Crippen MR) is 56.2 cm³/mol. The number of carboxylic acids is 1. The molecule has 14 heavy (non-hydrogen) atoms. The Hall–Kier alpha value is -0.830. The highest BCUT2D eigenvalue weighted by Gasteiger charge is 2.04. The summed E-state index contributed by atoms with van der Waals surface area (Å²) in [5, 5.41) is 17.3. The summed E-state index contributed by atoms with van der Waals surface area (Å²) < 4.78 is 0. The van der Waals surface area contributed by atoms with E-state index in [0.717, 1.165) is 19.3 Å². The maximum atomic E-state index is 10.6. The Balaban J connectivity index is 3.73. The van der Waals surface area contributed by atoms with Crippen molar-refractivity contribution in [1.82, 2.24) is 0 Å². The normalized spacial score (nSPS) is 11.7. The summed E-state index contributed by atoms with van der Waals surface area (Å²) in [4.78, 5) is 10.6. The number of aliphatic hydroxyl groups is 1. The second-order valence-electron chi connectivity index (χ2n) is 3.36. The first-order valence-corrected chi connectivity index (χ1v) is 5.25. The molecule has 3 heteroatoms. The quantitative estimate of drug-likeness (QED) is 0.467. The Morgan fingerprint density at radius 3 is 2.50 bits per heavy atom. The lowest BCUT2D eigenvalue weighted by Gasteiger charge is -1.99. The van der Waals surface area contributed by atoms with Crippen LogP contribution in [-0.4, -0.2) is 22.8 Å². The Kier molecular flexibility index (Phi) is 8.24. The summed E-state index contributed by atoms with van der Waals surface area (Å²) >= 11 is 0. The van der Waals surface area contributed by atoms with Gasteiger partial charge in [-0.2, -0.15) is 0 Å². The molecule has 2 N–H and O–H groups in total. The van der Waals surface area contributed by atoms with E-state index in [1.165, 1.54) is 12.8 Å². The number of unbranched alkanes of at least 4 members (excludes halogenated alkanes) is 4. The second kappa shape index (κ2) is 8.75. The monoisotopic (exact) mass is 200 g/mol. The fourth-order valence-corrected chi connectivity index (χ4v) is 1.26. The molecule has 82 valence electrons. The standard InChI is InChI=1S/C11H20O3/c1-2-3-4-5-6-7-10(8-9-12)11(13)14/h7,12H,2-6,8-9H2,1H3,(H,13,14). The minimum Gasteiger partial charge on any atom is -0.478 e. The smallest absolute Gasteiger partial charge is 0.331 e. The predicted octanol–water partition coefficient (Wildman–Crippen LogP) is 2.35. The van der Waals surface area contributed by atoms with E-state index in [0.29, 0.717) is 5.57 Å². The third kappa shape index (κ3) is 6.66. The van der Waals surface area contributed by atoms with Gasteiger partial charge in [0.1, 0.15) is 0 Å². The van der Waals surface area contributed by atoms with E-state index >= 15 is 0 Å². The molecule has 0 amide bonds. The number of aliphatic hydroxyl groups excluding tert-OH is 1. The van der Waals surface area contributed by atoms with Crippen LogP contribution in [0.25, 0.3) is 0 Å². The van der Waals surface area contributed by atoms with E-state index in [9.17, 15) is 4.79 Å². The molecular weight excluding hydrogens is 180 g/mol. The SMILES string of the molecule is CCCCCCC=C(CCO)C(=O)O. The van der Waals surface area contributed by atoms with Crippen molar-refractivity contribution in [3.63, 3.8) is 0 Å². The third-order valence-corrected chi connectivity index (χ3v) is 2.10. The molecule has 0 saturated carbocycles. The van der Waals surface area contributed by atoms with Gasteiger partial charge in [0.05, 0.1) is 0 Å². The highest BCUT2D eigenvalue weighted by atomic mass is 16.4. The molecule has 0 atom stereocenters. The lowest BCUT2D eigenvalue weighted by Crippen LogP contribution is -2.02. The first-order valence-electron chi connectivity index (χ1n) is 5.25. The first-order chi connectivity index (χ1) is 6.72. The van der Waals surface area contributed by atoms with Crippen molar-refractivity contribution >= 4 is 5.97 Å². The maximum Gasteiger partial charge on any atom is 0.331 e. The summed E-state index contributed by atoms with van der Waals surface area (Å²) in [5.74, 6) is -0.908. The van der Waals surface area contributed by atoms with E-state index in [2.05, 4.69) is 6.92 Å². The molecular formula is C11H20O3. The highest BCUT2D eigenvalue weighted by molar-refractivity contribution is 5.86. The van der Waals surface area contributed by atoms with Crippen LogP contribution in [-0.2, 0) is 4.79 Å². The Morgan fingerprint density at radius 2 is 2.00 bits per heavy atom. The van der Waals surface area contributed by atoms with Crippen molar-refractivity contribution in [2.45, 2.75) is 45.4 Å². The van der Waals surface area contributed by atoms with Crippen LogP contribution in [0.1, 0.15) is 45.4 Å². The number of rotatable bonds is 8. The number of hydrogen-bond acceptors (Lipinski definition) is 2. The fourth-order valence-electron chi connectivity index (χ4n) is 1.26. The van der Waals surface area contributed by atoms with Gasteiger partial charge in [0.2, 0.25) is 0 Å². The van der Waals surface area contributed by atoms with Crippen molar-refractivity contribution in [3.05, 3.63) is 11.6 Å². The van der Waals surface area contributed by atoms with Gasteiger partial charge in [-0.05, 0) is 12.8 Å². The topological polar surface area (TPSA) is 57.5 Å². The van der Waals surface area contributed by atoms with Gasteiger partial charge in [-0.1, -0.05) is 32.3 Å². The Labute approximate surface area is 85.4 Å². The van der Waals surface area contributed by atoms with E-state index < -0.39 is 5.97 Å². The minimum atomic E-state index is -0.908. The molecule has 0 aliphatic rings. The molecule has 0 bridgehead atoms. The average molecular weight is 200 g/mol. The van der Waals surface area contributed by atoms with Gasteiger partial charge in [0.15, 0.2) is 0 Å². The lowest BCUT2D eigenvalue weighted by atomic mass is 10.1. The van der Waals surface area contributed by atoms with Crippen LogP contribution in [0.4, 0.5) is 0 Å². The van der Waals surface area contributed by atoms with Gasteiger partial charge in [0.25, 0.3) is 0 Å². The van der Waals surface area contributed by atoms with Crippen molar-refractivity contribution in [1.29, 1.82) is 0 Å². The summed E-state index contributed by atoms with van der Waals surface area (Å²) in [6, 6.07) is 0. The molecule has 0 aromatic carbocycles. The summed E-state index contributed by atoms with van der Waals surface area (Å²) in [5.41, 5.74) is 0.337. The second-order valence-corrected chi connectivity index (χ2v) is 3.36. The number of hydrogen-bond donors (Lipinski definition) is 2. The van der Waals surface area contributed by atoms with Gasteiger partial charge in [-0.3, -0.25) is 0 Å². The van der Waals surface area contributed by atoms with Crippen molar-refractivity contribution in [3.8, 4) is 0 Å². The van der Waals surface area contributed by atoms with Crippen molar-refractivity contribution in [2.75, 3.05) is 6.61 Å². The number of aliphatic carboxylic acids is 1. The molecule has 0 unspecified atom stereocenters. The largest absolute Gasteiger partial charge is 0.478 e. The van der Waals surface area contributed by atoms with Gasteiger partial charge < -0.3 is 10.2 Å². The van der Waals surface area contributed by atoms with Gasteiger partial charge in [-0.15, -0.1) is 0 Å². The van der Waals surface area contributed by atoms with E-state index in [1.807, 2.05) is 0 Å². The summed E-state index contributed by atoms with van der Waals surface area (Å²) in [7, 11) is 0. The van der Waals surface area contributed by atoms with Gasteiger partial charge in [0, 0.05) is 18.6 Å². The zero-order valence-corrected chi connectivity index (χ0v) is 8.83. The Bertz CT molecular complexity index is 185. The van der Waals surface area contributed by atoms with Crippen LogP contribution >= 0.6 is 0 Å². The molecule has 0 aromatic heterocycles. The van der Waals surface area contributed by atoms with Crippen LogP contribution in [0, 0.1) is 0 Å². The van der Waals surface area contributed by atoms with E-state index in [4.69, 9.17) is 10.2 Å². The van der Waals surface area contributed by atoms with Crippen LogP contribution in [0.15, 0.2) is 11.6 Å². The van der Waals surface area contributed by atoms with E-state index in [1.54, 1.807) is 6.08 Å². The van der Waals surface area contributed by atoms with Crippen LogP contribution in [0.5, 0.6) is 0 Å². The molecule has 0 aliphatic carbocycles. The third-order valence-electron chi connectivity index (χ3n) is 2.10. The van der Waals surface area contributed by atoms with E-state index in [-0.39, 0.29) is 13.0 Å². The molecule has 0 aliphatic heterocycles. The van der Waals surface area contributed by atoms with Crippen LogP contribution in [0.2, 0.25) is 0 Å². The summed E-state index contributed by atoms with van der Waals surface area (Å²) in [6.07, 6.45) is 7.37. The molecule has 0 fully saturated rings. The zero-order chi connectivity index (χ0) is 10.8. The lowest BCUT2D eigenvalue weighted by molar-refractivity contribution is -0.132. The fraction of sp³-hybridized carbons (Fsp3) is 0.727. The van der Waals surface area contributed by atoms with Crippen LogP contribution < -0.4 is 0 Å². The van der Waals surface area contributed by atoms with Gasteiger partial charge in [-0.25, -0.2) is 4.79 Å². The summed E-state index contributed by atoms with van der Waals surface area (Å²) in [6.45, 7) is 2.05. The molecule has 3 nitrogen and oxygen atoms in total. The zero-order valence-electron chi connectivity index (χ0n) is 8.83. The minimum absolute atomic E-state index is 0.0902. The number of carboxylic acid groups (broad SMARTS) is 1. The molecule has 0 heterocycles. The molecule has 0 rings (SSSR count).